The number of nitrogens with one attached hydrogen (secondary N) is 1. The van der Waals surface area contributed by atoms with Gasteiger partial charge in [0.2, 0.25) is 0 Å². The highest BCUT2D eigenvalue weighted by molar-refractivity contribution is 5.77. The summed E-state index contributed by atoms with van der Waals surface area (Å²) in [5.41, 5.74) is 2.88. The SMILES string of the molecule is COCCCCOc1cccc(OCC(=O)NN2CCCCC2)c1. The predicted octanol–water partition coefficient (Wildman–Crippen LogP) is 2.39. The van der Waals surface area contributed by atoms with E-state index in [4.69, 9.17) is 14.2 Å². The smallest absolute Gasteiger partial charge is 0.272 e. The highest BCUT2D eigenvalue weighted by Crippen LogP contribution is 2.19. The molecule has 1 amide bonds. The molecule has 6 heteroatoms. The molecule has 0 aromatic heterocycles. The number of carbonyl (C=O) groups is 1. The van der Waals surface area contributed by atoms with Gasteiger partial charge in [0, 0.05) is 32.9 Å². The van der Waals surface area contributed by atoms with Gasteiger partial charge in [0.25, 0.3) is 5.91 Å². The molecule has 1 aromatic rings. The maximum atomic E-state index is 11.9. The number of hydrogen-bond donors (Lipinski definition) is 1. The number of nitrogens with zero attached hydrogens (tertiary/aromatic N) is 1. The molecule has 0 spiro atoms. The van der Waals surface area contributed by atoms with E-state index in [0.29, 0.717) is 12.4 Å². The molecule has 0 aliphatic carbocycles. The van der Waals surface area contributed by atoms with Gasteiger partial charge in [0.05, 0.1) is 6.61 Å². The van der Waals surface area contributed by atoms with Crippen LogP contribution in [0.5, 0.6) is 11.5 Å². The van der Waals surface area contributed by atoms with Crippen LogP contribution in [0.4, 0.5) is 0 Å². The Balaban J connectivity index is 1.68. The lowest BCUT2D eigenvalue weighted by Gasteiger charge is -2.26. The largest absolute Gasteiger partial charge is 0.493 e. The van der Waals surface area contributed by atoms with Crippen molar-refractivity contribution in [3.63, 3.8) is 0 Å². The standard InChI is InChI=1S/C18H28N2O4/c1-22-12-5-6-13-23-16-8-7-9-17(14-16)24-15-18(21)19-20-10-3-2-4-11-20/h7-9,14H,2-6,10-13,15H2,1H3,(H,19,21). The summed E-state index contributed by atoms with van der Waals surface area (Å²) in [5, 5.41) is 1.97. The van der Waals surface area contributed by atoms with Crippen LogP contribution < -0.4 is 14.9 Å². The summed E-state index contributed by atoms with van der Waals surface area (Å²) >= 11 is 0. The predicted molar refractivity (Wildman–Crippen MR) is 92.1 cm³/mol. The van der Waals surface area contributed by atoms with Crippen molar-refractivity contribution in [1.82, 2.24) is 10.4 Å². The Bertz CT molecular complexity index is 490. The van der Waals surface area contributed by atoms with Crippen LogP contribution in [-0.4, -0.2) is 50.9 Å². The average Bonchev–Trinajstić information content (AvgIpc) is 2.61. The van der Waals surface area contributed by atoms with Crippen molar-refractivity contribution < 1.29 is 19.0 Å². The molecular formula is C18H28N2O4. The first kappa shape index (κ1) is 18.5. The number of hydrogen-bond acceptors (Lipinski definition) is 5. The van der Waals surface area contributed by atoms with Crippen molar-refractivity contribution in [2.75, 3.05) is 40.0 Å². The van der Waals surface area contributed by atoms with Crippen molar-refractivity contribution in [1.29, 1.82) is 0 Å². The zero-order valence-electron chi connectivity index (χ0n) is 14.5. The minimum atomic E-state index is -0.122. The maximum Gasteiger partial charge on any atom is 0.272 e. The lowest BCUT2D eigenvalue weighted by Crippen LogP contribution is -2.46. The fourth-order valence-electron chi connectivity index (χ4n) is 2.56. The van der Waals surface area contributed by atoms with E-state index in [1.54, 1.807) is 7.11 Å². The van der Waals surface area contributed by atoms with E-state index in [1.165, 1.54) is 6.42 Å². The molecule has 134 valence electrons. The van der Waals surface area contributed by atoms with Crippen LogP contribution in [0.25, 0.3) is 0 Å². The summed E-state index contributed by atoms with van der Waals surface area (Å²) in [6.45, 7) is 3.23. The van der Waals surface area contributed by atoms with E-state index in [-0.39, 0.29) is 12.5 Å². The molecule has 0 bridgehead atoms. The van der Waals surface area contributed by atoms with Crippen LogP contribution in [0.1, 0.15) is 32.1 Å². The first-order valence-corrected chi connectivity index (χ1v) is 8.67. The summed E-state index contributed by atoms with van der Waals surface area (Å²) in [6.07, 6.45) is 5.41. The lowest BCUT2D eigenvalue weighted by atomic mass is 10.2. The zero-order chi connectivity index (χ0) is 17.0. The third-order valence-corrected chi connectivity index (χ3v) is 3.83. The van der Waals surface area contributed by atoms with Crippen LogP contribution >= 0.6 is 0 Å². The van der Waals surface area contributed by atoms with E-state index in [2.05, 4.69) is 5.43 Å². The fourth-order valence-corrected chi connectivity index (χ4v) is 2.56. The molecule has 0 radical (unpaired) electrons. The van der Waals surface area contributed by atoms with Crippen molar-refractivity contribution >= 4 is 5.91 Å². The molecule has 1 heterocycles. The van der Waals surface area contributed by atoms with E-state index in [1.807, 2.05) is 29.3 Å². The Kier molecular flexibility index (Phi) is 8.41. The van der Waals surface area contributed by atoms with Gasteiger partial charge in [-0.05, 0) is 37.8 Å². The second-order valence-corrected chi connectivity index (χ2v) is 5.89. The molecule has 24 heavy (non-hydrogen) atoms. The first-order valence-electron chi connectivity index (χ1n) is 8.67. The molecule has 1 aliphatic heterocycles. The number of hydrazine groups is 1. The van der Waals surface area contributed by atoms with Crippen LogP contribution in [0.15, 0.2) is 24.3 Å². The minimum absolute atomic E-state index is 0.00773. The zero-order valence-corrected chi connectivity index (χ0v) is 14.5. The highest BCUT2D eigenvalue weighted by Gasteiger charge is 2.13. The van der Waals surface area contributed by atoms with Gasteiger partial charge in [-0.25, -0.2) is 5.01 Å². The molecule has 2 rings (SSSR count). The van der Waals surface area contributed by atoms with E-state index < -0.39 is 0 Å². The van der Waals surface area contributed by atoms with Gasteiger partial charge in [-0.1, -0.05) is 12.5 Å². The second-order valence-electron chi connectivity index (χ2n) is 5.89. The molecule has 1 fully saturated rings. The quantitative estimate of drug-likeness (QED) is 0.665. The van der Waals surface area contributed by atoms with Crippen molar-refractivity contribution in [3.8, 4) is 11.5 Å². The number of ether oxygens (including phenoxy) is 3. The molecule has 1 N–H and O–H groups in total. The van der Waals surface area contributed by atoms with Crippen LogP contribution in [0.3, 0.4) is 0 Å². The summed E-state index contributed by atoms with van der Waals surface area (Å²) in [5.74, 6) is 1.27. The summed E-state index contributed by atoms with van der Waals surface area (Å²) < 4.78 is 16.2. The number of benzene rings is 1. The second kappa shape index (κ2) is 10.9. The minimum Gasteiger partial charge on any atom is -0.493 e. The molecule has 0 atom stereocenters. The monoisotopic (exact) mass is 336 g/mol. The lowest BCUT2D eigenvalue weighted by molar-refractivity contribution is -0.128. The van der Waals surface area contributed by atoms with Gasteiger partial charge in [-0.2, -0.15) is 0 Å². The normalized spacial score (nSPS) is 15.0. The number of carbonyl (C=O) groups excluding carboxylic acids is 1. The maximum absolute atomic E-state index is 11.9. The number of piperidine rings is 1. The van der Waals surface area contributed by atoms with Crippen LogP contribution in [0.2, 0.25) is 0 Å². The Morgan fingerprint density at radius 3 is 2.54 bits per heavy atom. The average molecular weight is 336 g/mol. The van der Waals surface area contributed by atoms with Gasteiger partial charge < -0.3 is 14.2 Å². The fraction of sp³-hybridized carbons (Fsp3) is 0.611. The third kappa shape index (κ3) is 7.19. The van der Waals surface area contributed by atoms with Gasteiger partial charge in [0.1, 0.15) is 11.5 Å². The third-order valence-electron chi connectivity index (χ3n) is 3.83. The Labute approximate surface area is 144 Å². The van der Waals surface area contributed by atoms with Crippen LogP contribution in [-0.2, 0) is 9.53 Å². The highest BCUT2D eigenvalue weighted by atomic mass is 16.5. The molecule has 1 saturated heterocycles. The Morgan fingerprint density at radius 2 is 1.79 bits per heavy atom. The summed E-state index contributed by atoms with van der Waals surface area (Å²) in [6, 6.07) is 7.38. The molecule has 1 aliphatic rings. The molecule has 0 saturated carbocycles. The summed E-state index contributed by atoms with van der Waals surface area (Å²) in [4.78, 5) is 11.9. The van der Waals surface area contributed by atoms with E-state index >= 15 is 0 Å². The van der Waals surface area contributed by atoms with Crippen molar-refractivity contribution in [2.45, 2.75) is 32.1 Å². The van der Waals surface area contributed by atoms with E-state index in [0.717, 1.165) is 51.1 Å². The first-order chi connectivity index (χ1) is 11.8. The van der Waals surface area contributed by atoms with E-state index in [9.17, 15) is 4.79 Å². The molecule has 0 unspecified atom stereocenters. The van der Waals surface area contributed by atoms with Gasteiger partial charge >= 0.3 is 0 Å². The van der Waals surface area contributed by atoms with Gasteiger partial charge in [-0.3, -0.25) is 10.2 Å². The molecule has 6 nitrogen and oxygen atoms in total. The Morgan fingerprint density at radius 1 is 1.08 bits per heavy atom. The number of rotatable bonds is 10. The number of amides is 1. The van der Waals surface area contributed by atoms with Crippen LogP contribution in [0, 0.1) is 0 Å². The van der Waals surface area contributed by atoms with Crippen molar-refractivity contribution in [2.24, 2.45) is 0 Å². The van der Waals surface area contributed by atoms with Gasteiger partial charge in [-0.15, -0.1) is 0 Å². The number of methoxy groups -OCH3 is 1. The molecular weight excluding hydrogens is 308 g/mol. The van der Waals surface area contributed by atoms with Crippen molar-refractivity contribution in [3.05, 3.63) is 24.3 Å². The summed E-state index contributed by atoms with van der Waals surface area (Å²) in [7, 11) is 1.70. The topological polar surface area (TPSA) is 60.0 Å². The van der Waals surface area contributed by atoms with Gasteiger partial charge in [0.15, 0.2) is 6.61 Å². The molecule has 1 aromatic carbocycles. The number of unbranched alkanes of at least 4 members (excludes halogenated alkanes) is 1. The Hall–Kier alpha value is -1.79.